The highest BCUT2D eigenvalue weighted by Crippen LogP contribution is 2.34. The number of amides is 1. The van der Waals surface area contributed by atoms with Crippen molar-refractivity contribution < 1.29 is 13.2 Å². The largest absolute Gasteiger partial charge is 0.279 e. The van der Waals surface area contributed by atoms with Gasteiger partial charge in [-0.2, -0.15) is 0 Å². The Bertz CT molecular complexity index is 1660. The number of rotatable bonds is 7. The Morgan fingerprint density at radius 1 is 0.865 bits per heavy atom. The number of aromatic nitrogens is 1. The lowest BCUT2D eigenvalue weighted by molar-refractivity contribution is 0.0985. The zero-order valence-corrected chi connectivity index (χ0v) is 22.2. The molecule has 0 saturated carbocycles. The standard InChI is InChI=1S/C28H22ClN3O3S2/c1-31(22-11-6-3-7-12-22)37(34,35)23-17-15-21(16-18-23)27(33)32(19-20-9-4-2-5-10-20)28-30-26-24(29)13-8-14-25(26)36-28/h2-18H,19H2,1H3. The van der Waals surface area contributed by atoms with Gasteiger partial charge in [0.15, 0.2) is 5.13 Å². The van der Waals surface area contributed by atoms with Gasteiger partial charge in [-0.1, -0.05) is 77.5 Å². The summed E-state index contributed by atoms with van der Waals surface area (Å²) in [6, 6.07) is 30.0. The summed E-state index contributed by atoms with van der Waals surface area (Å²) in [4.78, 5) is 20.1. The molecule has 0 fully saturated rings. The molecule has 186 valence electrons. The van der Waals surface area contributed by atoms with Gasteiger partial charge in [-0.05, 0) is 54.1 Å². The van der Waals surface area contributed by atoms with Crippen LogP contribution in [0.4, 0.5) is 10.8 Å². The minimum Gasteiger partial charge on any atom is -0.279 e. The van der Waals surface area contributed by atoms with Crippen molar-refractivity contribution in [2.24, 2.45) is 0 Å². The molecule has 0 radical (unpaired) electrons. The van der Waals surface area contributed by atoms with Gasteiger partial charge in [-0.15, -0.1) is 0 Å². The van der Waals surface area contributed by atoms with E-state index in [1.165, 1.54) is 47.0 Å². The smallest absolute Gasteiger partial charge is 0.264 e. The quantitative estimate of drug-likeness (QED) is 0.229. The Hall–Kier alpha value is -3.72. The van der Waals surface area contributed by atoms with E-state index in [-0.39, 0.29) is 10.8 Å². The number of nitrogens with zero attached hydrogens (tertiary/aromatic N) is 3. The number of hydrogen-bond donors (Lipinski definition) is 0. The molecule has 0 aliphatic heterocycles. The minimum atomic E-state index is -3.79. The summed E-state index contributed by atoms with van der Waals surface area (Å²) >= 11 is 7.72. The van der Waals surface area contributed by atoms with Crippen molar-refractivity contribution in [3.8, 4) is 0 Å². The molecular weight excluding hydrogens is 526 g/mol. The summed E-state index contributed by atoms with van der Waals surface area (Å²) < 4.78 is 28.4. The lowest BCUT2D eigenvalue weighted by atomic mass is 10.1. The fourth-order valence-corrected chi connectivity index (χ4v) is 6.33. The molecule has 5 aromatic rings. The maximum absolute atomic E-state index is 13.7. The van der Waals surface area contributed by atoms with Crippen molar-refractivity contribution in [2.45, 2.75) is 11.4 Å². The lowest BCUT2D eigenvalue weighted by Gasteiger charge is -2.21. The van der Waals surface area contributed by atoms with Crippen molar-refractivity contribution in [3.05, 3.63) is 119 Å². The summed E-state index contributed by atoms with van der Waals surface area (Å²) in [5.41, 5.74) is 2.47. The second-order valence-electron chi connectivity index (χ2n) is 8.29. The maximum Gasteiger partial charge on any atom is 0.264 e. The molecule has 1 heterocycles. The molecule has 1 aromatic heterocycles. The van der Waals surface area contributed by atoms with Gasteiger partial charge in [-0.3, -0.25) is 14.0 Å². The molecule has 0 saturated heterocycles. The normalized spacial score (nSPS) is 11.4. The van der Waals surface area contributed by atoms with E-state index >= 15 is 0 Å². The summed E-state index contributed by atoms with van der Waals surface area (Å²) in [7, 11) is -2.29. The van der Waals surface area contributed by atoms with Crippen LogP contribution in [0.3, 0.4) is 0 Å². The van der Waals surface area contributed by atoms with E-state index in [1.807, 2.05) is 48.5 Å². The van der Waals surface area contributed by atoms with Gasteiger partial charge in [0.2, 0.25) is 0 Å². The molecule has 4 aromatic carbocycles. The predicted molar refractivity (Wildman–Crippen MR) is 150 cm³/mol. The molecule has 1 amide bonds. The van der Waals surface area contributed by atoms with E-state index in [0.717, 1.165) is 10.3 Å². The van der Waals surface area contributed by atoms with Crippen molar-refractivity contribution >= 4 is 59.9 Å². The molecule has 0 N–H and O–H groups in total. The van der Waals surface area contributed by atoms with E-state index in [1.54, 1.807) is 35.2 Å². The van der Waals surface area contributed by atoms with Crippen molar-refractivity contribution in [1.82, 2.24) is 4.98 Å². The molecule has 9 heteroatoms. The Morgan fingerprint density at radius 3 is 2.16 bits per heavy atom. The fourth-order valence-electron chi connectivity index (χ4n) is 3.87. The van der Waals surface area contributed by atoms with E-state index in [2.05, 4.69) is 4.98 Å². The molecule has 0 atom stereocenters. The maximum atomic E-state index is 13.7. The van der Waals surface area contributed by atoms with Gasteiger partial charge in [0, 0.05) is 12.6 Å². The SMILES string of the molecule is CN(c1ccccc1)S(=O)(=O)c1ccc(C(=O)N(Cc2ccccc2)c2nc3c(Cl)cccc3s2)cc1. The van der Waals surface area contributed by atoms with Gasteiger partial charge < -0.3 is 0 Å². The first-order valence-electron chi connectivity index (χ1n) is 11.4. The number of benzene rings is 4. The first-order valence-corrected chi connectivity index (χ1v) is 14.0. The van der Waals surface area contributed by atoms with Crippen LogP contribution in [0.15, 0.2) is 108 Å². The summed E-state index contributed by atoms with van der Waals surface area (Å²) in [6.07, 6.45) is 0. The topological polar surface area (TPSA) is 70.6 Å². The first kappa shape index (κ1) is 25.0. The fraction of sp³-hybridized carbons (Fsp3) is 0.0714. The zero-order valence-electron chi connectivity index (χ0n) is 19.8. The van der Waals surface area contributed by atoms with Crippen LogP contribution in [0, 0.1) is 0 Å². The summed E-state index contributed by atoms with van der Waals surface area (Å²) in [6.45, 7) is 0.300. The Morgan fingerprint density at radius 2 is 1.51 bits per heavy atom. The number of sulfonamides is 1. The van der Waals surface area contributed by atoms with E-state index in [4.69, 9.17) is 11.6 Å². The molecule has 5 rings (SSSR count). The van der Waals surface area contributed by atoms with Crippen LogP contribution < -0.4 is 9.21 Å². The minimum absolute atomic E-state index is 0.0942. The van der Waals surface area contributed by atoms with Gasteiger partial charge >= 0.3 is 0 Å². The Balaban J connectivity index is 1.48. The van der Waals surface area contributed by atoms with E-state index < -0.39 is 10.0 Å². The highest BCUT2D eigenvalue weighted by atomic mass is 35.5. The van der Waals surface area contributed by atoms with Crippen LogP contribution in [0.1, 0.15) is 15.9 Å². The molecule has 37 heavy (non-hydrogen) atoms. The van der Waals surface area contributed by atoms with Crippen LogP contribution in [-0.4, -0.2) is 26.4 Å². The number of halogens is 1. The third kappa shape index (κ3) is 5.09. The number of carbonyl (C=O) groups excluding carboxylic acids is 1. The monoisotopic (exact) mass is 547 g/mol. The Kier molecular flexibility index (Phi) is 6.97. The van der Waals surface area contributed by atoms with Gasteiger partial charge in [0.1, 0.15) is 5.52 Å². The average Bonchev–Trinajstić information content (AvgIpc) is 3.37. The lowest BCUT2D eigenvalue weighted by Crippen LogP contribution is -2.30. The number of thiazole rings is 1. The van der Waals surface area contributed by atoms with Crippen LogP contribution in [-0.2, 0) is 16.6 Å². The molecule has 0 unspecified atom stereocenters. The second-order valence-corrected chi connectivity index (χ2v) is 11.7. The number of hydrogen-bond acceptors (Lipinski definition) is 5. The average molecular weight is 548 g/mol. The first-order chi connectivity index (χ1) is 17.8. The van der Waals surface area contributed by atoms with Gasteiger partial charge in [0.05, 0.1) is 26.9 Å². The van der Waals surface area contributed by atoms with Gasteiger partial charge in [-0.25, -0.2) is 13.4 Å². The van der Waals surface area contributed by atoms with Crippen LogP contribution in [0.2, 0.25) is 5.02 Å². The number of para-hydroxylation sites is 2. The third-order valence-corrected chi connectivity index (χ3v) is 9.05. The van der Waals surface area contributed by atoms with Crippen molar-refractivity contribution in [3.63, 3.8) is 0 Å². The predicted octanol–water partition coefficient (Wildman–Crippen LogP) is 6.62. The highest BCUT2D eigenvalue weighted by molar-refractivity contribution is 7.92. The molecule has 0 spiro atoms. The molecular formula is C28H22ClN3O3S2. The summed E-state index contributed by atoms with van der Waals surface area (Å²) in [5.74, 6) is -0.292. The Labute approximate surface area is 224 Å². The van der Waals surface area contributed by atoms with E-state index in [9.17, 15) is 13.2 Å². The van der Waals surface area contributed by atoms with Crippen LogP contribution in [0.5, 0.6) is 0 Å². The van der Waals surface area contributed by atoms with Crippen LogP contribution >= 0.6 is 22.9 Å². The van der Waals surface area contributed by atoms with E-state index in [0.29, 0.717) is 33.5 Å². The summed E-state index contributed by atoms with van der Waals surface area (Å²) in [5, 5.41) is 1.03. The van der Waals surface area contributed by atoms with Crippen LogP contribution in [0.25, 0.3) is 10.2 Å². The highest BCUT2D eigenvalue weighted by Gasteiger charge is 2.25. The molecule has 0 bridgehead atoms. The number of fused-ring (bicyclic) bond motifs is 1. The molecule has 6 nitrogen and oxygen atoms in total. The number of anilines is 2. The number of carbonyl (C=O) groups is 1. The second kappa shape index (κ2) is 10.3. The third-order valence-electron chi connectivity index (χ3n) is 5.90. The molecule has 0 aliphatic carbocycles. The zero-order chi connectivity index (χ0) is 26.0. The van der Waals surface area contributed by atoms with Crippen molar-refractivity contribution in [1.29, 1.82) is 0 Å². The van der Waals surface area contributed by atoms with Gasteiger partial charge in [0.25, 0.3) is 15.9 Å². The molecule has 0 aliphatic rings. The van der Waals surface area contributed by atoms with Crippen molar-refractivity contribution in [2.75, 3.05) is 16.3 Å².